The average molecular weight is 230 g/mol. The lowest BCUT2D eigenvalue weighted by Gasteiger charge is -2.03. The van der Waals surface area contributed by atoms with Gasteiger partial charge in [-0.2, -0.15) is 0 Å². The van der Waals surface area contributed by atoms with Crippen molar-refractivity contribution in [1.29, 1.82) is 0 Å². The molecule has 3 heteroatoms. The Kier molecular flexibility index (Phi) is 2.15. The maximum atomic E-state index is 6.17. The zero-order chi connectivity index (χ0) is 11.0. The van der Waals surface area contributed by atoms with Crippen LogP contribution in [0.4, 0.5) is 0 Å². The molecule has 2 nitrogen and oxygen atoms in total. The molecular formula is C13H8ClNO. The number of benzene rings is 2. The fourth-order valence-electron chi connectivity index (χ4n) is 1.78. The van der Waals surface area contributed by atoms with E-state index in [1.165, 1.54) is 6.39 Å². The number of hydrogen-bond acceptors (Lipinski definition) is 2. The molecule has 0 unspecified atom stereocenters. The molecule has 0 aliphatic heterocycles. The molecule has 3 aromatic rings. The van der Waals surface area contributed by atoms with E-state index in [0.29, 0.717) is 0 Å². The third-order valence-electron chi connectivity index (χ3n) is 2.52. The molecule has 16 heavy (non-hydrogen) atoms. The maximum Gasteiger partial charge on any atom is 0.182 e. The molecule has 0 aliphatic rings. The molecule has 0 aliphatic carbocycles. The first-order valence-corrected chi connectivity index (χ1v) is 5.31. The van der Waals surface area contributed by atoms with Crippen molar-refractivity contribution >= 4 is 22.7 Å². The summed E-state index contributed by atoms with van der Waals surface area (Å²) in [6.07, 6.45) is 1.45. The van der Waals surface area contributed by atoms with E-state index in [4.69, 9.17) is 16.0 Å². The molecule has 0 saturated carbocycles. The van der Waals surface area contributed by atoms with Crippen LogP contribution >= 0.6 is 11.6 Å². The number of nitrogens with zero attached hydrogens (tertiary/aromatic N) is 1. The Morgan fingerprint density at radius 1 is 0.938 bits per heavy atom. The van der Waals surface area contributed by atoms with E-state index >= 15 is 0 Å². The Morgan fingerprint density at radius 3 is 2.62 bits per heavy atom. The van der Waals surface area contributed by atoms with Crippen molar-refractivity contribution in [1.82, 2.24) is 4.98 Å². The highest BCUT2D eigenvalue weighted by atomic mass is 35.5. The topological polar surface area (TPSA) is 26.0 Å². The van der Waals surface area contributed by atoms with Crippen LogP contribution in [-0.2, 0) is 0 Å². The number of para-hydroxylation sites is 1. The molecule has 0 fully saturated rings. The van der Waals surface area contributed by atoms with Crippen LogP contribution in [0, 0.1) is 0 Å². The predicted octanol–water partition coefficient (Wildman–Crippen LogP) is 4.15. The van der Waals surface area contributed by atoms with Crippen molar-refractivity contribution < 1.29 is 4.42 Å². The minimum absolute atomic E-state index is 0.720. The van der Waals surface area contributed by atoms with E-state index in [0.717, 1.165) is 27.2 Å². The molecule has 1 aromatic heterocycles. The Balaban J connectivity index is 2.34. The summed E-state index contributed by atoms with van der Waals surface area (Å²) in [7, 11) is 0. The number of rotatable bonds is 1. The van der Waals surface area contributed by atoms with Crippen LogP contribution in [0.3, 0.4) is 0 Å². The van der Waals surface area contributed by atoms with Gasteiger partial charge in [0, 0.05) is 16.1 Å². The van der Waals surface area contributed by atoms with Gasteiger partial charge >= 0.3 is 0 Å². The summed E-state index contributed by atoms with van der Waals surface area (Å²) in [6, 6.07) is 13.5. The van der Waals surface area contributed by atoms with E-state index < -0.39 is 0 Å². The van der Waals surface area contributed by atoms with Crippen molar-refractivity contribution in [2.24, 2.45) is 0 Å². The summed E-state index contributed by atoms with van der Waals surface area (Å²) in [6.45, 7) is 0. The Labute approximate surface area is 97.5 Å². The lowest BCUT2D eigenvalue weighted by molar-refractivity contribution is 0.602. The van der Waals surface area contributed by atoms with E-state index in [1.807, 2.05) is 42.5 Å². The molecule has 78 valence electrons. The SMILES string of the molecule is Clc1ccccc1-c1cccc2ocnc12. The van der Waals surface area contributed by atoms with E-state index in [2.05, 4.69) is 4.98 Å². The number of halogens is 1. The van der Waals surface area contributed by atoms with Crippen molar-refractivity contribution in [2.45, 2.75) is 0 Å². The first-order chi connectivity index (χ1) is 7.86. The van der Waals surface area contributed by atoms with Gasteiger partial charge in [-0.05, 0) is 12.1 Å². The highest BCUT2D eigenvalue weighted by Crippen LogP contribution is 2.32. The maximum absolute atomic E-state index is 6.17. The summed E-state index contributed by atoms with van der Waals surface area (Å²) in [5.41, 5.74) is 3.59. The first kappa shape index (κ1) is 9.43. The van der Waals surface area contributed by atoms with Gasteiger partial charge in [-0.3, -0.25) is 0 Å². The van der Waals surface area contributed by atoms with Crippen LogP contribution in [0.25, 0.3) is 22.2 Å². The summed E-state index contributed by atoms with van der Waals surface area (Å²) in [4.78, 5) is 4.21. The van der Waals surface area contributed by atoms with Gasteiger partial charge in [0.05, 0.1) is 0 Å². The van der Waals surface area contributed by atoms with E-state index in [1.54, 1.807) is 0 Å². The van der Waals surface area contributed by atoms with Gasteiger partial charge in [0.1, 0.15) is 5.52 Å². The van der Waals surface area contributed by atoms with Gasteiger partial charge < -0.3 is 4.42 Å². The Hall–Kier alpha value is -1.80. The minimum Gasteiger partial charge on any atom is -0.443 e. The fraction of sp³-hybridized carbons (Fsp3) is 0. The summed E-state index contributed by atoms with van der Waals surface area (Å²) >= 11 is 6.17. The molecule has 0 spiro atoms. The van der Waals surface area contributed by atoms with Gasteiger partial charge in [-0.25, -0.2) is 4.98 Å². The van der Waals surface area contributed by atoms with Crippen LogP contribution < -0.4 is 0 Å². The second kappa shape index (κ2) is 3.65. The Morgan fingerprint density at radius 2 is 1.75 bits per heavy atom. The molecule has 2 aromatic carbocycles. The third-order valence-corrected chi connectivity index (χ3v) is 2.85. The summed E-state index contributed by atoms with van der Waals surface area (Å²) < 4.78 is 5.27. The largest absolute Gasteiger partial charge is 0.443 e. The molecule has 0 radical (unpaired) electrons. The van der Waals surface area contributed by atoms with E-state index in [9.17, 15) is 0 Å². The van der Waals surface area contributed by atoms with E-state index in [-0.39, 0.29) is 0 Å². The number of fused-ring (bicyclic) bond motifs is 1. The molecule has 1 heterocycles. The zero-order valence-electron chi connectivity index (χ0n) is 8.35. The molecular weight excluding hydrogens is 222 g/mol. The molecule has 0 amide bonds. The van der Waals surface area contributed by atoms with Gasteiger partial charge in [-0.15, -0.1) is 0 Å². The zero-order valence-corrected chi connectivity index (χ0v) is 9.11. The minimum atomic E-state index is 0.720. The molecule has 3 rings (SSSR count). The average Bonchev–Trinajstić information content (AvgIpc) is 2.77. The second-order valence-corrected chi connectivity index (χ2v) is 3.89. The number of oxazole rings is 1. The number of aromatic nitrogens is 1. The second-order valence-electron chi connectivity index (χ2n) is 3.48. The number of hydrogen-bond donors (Lipinski definition) is 0. The van der Waals surface area contributed by atoms with Crippen molar-refractivity contribution in [2.75, 3.05) is 0 Å². The van der Waals surface area contributed by atoms with Crippen LogP contribution in [-0.4, -0.2) is 4.98 Å². The lowest BCUT2D eigenvalue weighted by Crippen LogP contribution is -1.81. The lowest BCUT2D eigenvalue weighted by atomic mass is 10.0. The molecule has 0 bridgehead atoms. The molecule has 0 atom stereocenters. The quantitative estimate of drug-likeness (QED) is 0.627. The normalized spacial score (nSPS) is 10.8. The molecule has 0 N–H and O–H groups in total. The van der Waals surface area contributed by atoms with Crippen LogP contribution in [0.15, 0.2) is 53.3 Å². The smallest absolute Gasteiger partial charge is 0.182 e. The van der Waals surface area contributed by atoms with Gasteiger partial charge in [-0.1, -0.05) is 41.9 Å². The van der Waals surface area contributed by atoms with Gasteiger partial charge in [0.2, 0.25) is 0 Å². The van der Waals surface area contributed by atoms with Gasteiger partial charge in [0.25, 0.3) is 0 Å². The predicted molar refractivity (Wildman–Crippen MR) is 64.5 cm³/mol. The third kappa shape index (κ3) is 1.39. The first-order valence-electron chi connectivity index (χ1n) is 4.93. The summed E-state index contributed by atoms with van der Waals surface area (Å²) in [5, 5.41) is 0.720. The monoisotopic (exact) mass is 229 g/mol. The van der Waals surface area contributed by atoms with Crippen LogP contribution in [0.1, 0.15) is 0 Å². The fourth-order valence-corrected chi connectivity index (χ4v) is 2.02. The highest BCUT2D eigenvalue weighted by Gasteiger charge is 2.09. The van der Waals surface area contributed by atoms with Crippen molar-refractivity contribution in [3.8, 4) is 11.1 Å². The molecule has 0 saturated heterocycles. The summed E-state index contributed by atoms with van der Waals surface area (Å²) in [5.74, 6) is 0. The highest BCUT2D eigenvalue weighted by molar-refractivity contribution is 6.33. The standard InChI is InChI=1S/C13H8ClNO/c14-11-6-2-1-4-9(11)10-5-3-7-12-13(10)15-8-16-12/h1-8H. The van der Waals surface area contributed by atoms with Crippen molar-refractivity contribution in [3.63, 3.8) is 0 Å². The Bertz CT molecular complexity index is 645. The van der Waals surface area contributed by atoms with Crippen LogP contribution in [0.2, 0.25) is 5.02 Å². The van der Waals surface area contributed by atoms with Gasteiger partial charge in [0.15, 0.2) is 12.0 Å². The van der Waals surface area contributed by atoms with Crippen molar-refractivity contribution in [3.05, 3.63) is 53.9 Å². The van der Waals surface area contributed by atoms with Crippen LogP contribution in [0.5, 0.6) is 0 Å².